The van der Waals surface area contributed by atoms with E-state index < -0.39 is 0 Å². The molecule has 0 radical (unpaired) electrons. The van der Waals surface area contributed by atoms with E-state index in [2.05, 4.69) is 39.6 Å². The third-order valence-corrected chi connectivity index (χ3v) is 2.61. The van der Waals surface area contributed by atoms with E-state index in [1.54, 1.807) is 19.5 Å². The van der Waals surface area contributed by atoms with Gasteiger partial charge in [0.15, 0.2) is 0 Å². The normalized spacial score (nSPS) is 10.1. The van der Waals surface area contributed by atoms with Gasteiger partial charge >= 0.3 is 0 Å². The van der Waals surface area contributed by atoms with Crippen molar-refractivity contribution >= 4 is 5.82 Å². The fourth-order valence-electron chi connectivity index (χ4n) is 1.69. The average molecular weight is 243 g/mol. The summed E-state index contributed by atoms with van der Waals surface area (Å²) in [4.78, 5) is 8.28. The van der Waals surface area contributed by atoms with E-state index in [0.29, 0.717) is 5.88 Å². The first-order valence-corrected chi connectivity index (χ1v) is 6.02. The lowest BCUT2D eigenvalue weighted by atomic mass is 10.1. The van der Waals surface area contributed by atoms with Crippen LogP contribution in [0.1, 0.15) is 12.0 Å². The first kappa shape index (κ1) is 12.4. The third-order valence-electron chi connectivity index (χ3n) is 2.61. The number of ether oxygens (including phenoxy) is 1. The van der Waals surface area contributed by atoms with E-state index in [9.17, 15) is 0 Å². The summed E-state index contributed by atoms with van der Waals surface area (Å²) in [6, 6.07) is 10.5. The highest BCUT2D eigenvalue weighted by atomic mass is 16.5. The molecule has 0 aliphatic heterocycles. The zero-order valence-electron chi connectivity index (χ0n) is 10.5. The summed E-state index contributed by atoms with van der Waals surface area (Å²) >= 11 is 0. The van der Waals surface area contributed by atoms with Crippen molar-refractivity contribution in [1.82, 2.24) is 9.97 Å². The van der Waals surface area contributed by atoms with Gasteiger partial charge in [-0.1, -0.05) is 30.3 Å². The molecule has 0 saturated heterocycles. The van der Waals surface area contributed by atoms with Gasteiger partial charge in [-0.2, -0.15) is 4.98 Å². The van der Waals surface area contributed by atoms with Crippen LogP contribution in [0.15, 0.2) is 42.7 Å². The zero-order valence-corrected chi connectivity index (χ0v) is 10.5. The molecule has 0 unspecified atom stereocenters. The molecule has 0 fully saturated rings. The molecule has 2 rings (SSSR count). The van der Waals surface area contributed by atoms with Crippen molar-refractivity contribution in [1.29, 1.82) is 0 Å². The Hall–Kier alpha value is -2.10. The van der Waals surface area contributed by atoms with E-state index in [1.165, 1.54) is 5.56 Å². The number of rotatable bonds is 6. The lowest BCUT2D eigenvalue weighted by Crippen LogP contribution is -2.05. The van der Waals surface area contributed by atoms with Gasteiger partial charge in [-0.05, 0) is 18.4 Å². The minimum Gasteiger partial charge on any atom is -0.480 e. The Morgan fingerprint density at radius 3 is 2.78 bits per heavy atom. The number of methoxy groups -OCH3 is 1. The van der Waals surface area contributed by atoms with Crippen LogP contribution in [-0.4, -0.2) is 23.6 Å². The van der Waals surface area contributed by atoms with Gasteiger partial charge in [0.2, 0.25) is 5.88 Å². The largest absolute Gasteiger partial charge is 0.480 e. The van der Waals surface area contributed by atoms with E-state index in [0.717, 1.165) is 25.2 Å². The molecule has 0 atom stereocenters. The van der Waals surface area contributed by atoms with Crippen LogP contribution in [0.3, 0.4) is 0 Å². The number of nitrogens with zero attached hydrogens (tertiary/aromatic N) is 2. The maximum Gasteiger partial charge on any atom is 0.233 e. The third kappa shape index (κ3) is 3.73. The number of aromatic nitrogens is 2. The Morgan fingerprint density at radius 1 is 1.17 bits per heavy atom. The molecule has 0 aliphatic carbocycles. The summed E-state index contributed by atoms with van der Waals surface area (Å²) < 4.78 is 5.02. The maximum absolute atomic E-state index is 5.02. The molecule has 4 heteroatoms. The highest BCUT2D eigenvalue weighted by molar-refractivity contribution is 5.33. The SMILES string of the molecule is COc1cncc(NCCCc2ccccc2)n1. The van der Waals surface area contributed by atoms with Crippen molar-refractivity contribution in [3.63, 3.8) is 0 Å². The highest BCUT2D eigenvalue weighted by Crippen LogP contribution is 2.08. The Bertz CT molecular complexity index is 473. The average Bonchev–Trinajstić information content (AvgIpc) is 2.45. The van der Waals surface area contributed by atoms with Gasteiger partial charge in [-0.15, -0.1) is 0 Å². The molecule has 1 heterocycles. The van der Waals surface area contributed by atoms with Gasteiger partial charge in [0.05, 0.1) is 19.5 Å². The molecular weight excluding hydrogens is 226 g/mol. The van der Waals surface area contributed by atoms with Crippen LogP contribution in [0.2, 0.25) is 0 Å². The highest BCUT2D eigenvalue weighted by Gasteiger charge is 1.97. The summed E-state index contributed by atoms with van der Waals surface area (Å²) in [5.41, 5.74) is 1.36. The summed E-state index contributed by atoms with van der Waals surface area (Å²) in [7, 11) is 1.59. The Morgan fingerprint density at radius 2 is 2.00 bits per heavy atom. The zero-order chi connectivity index (χ0) is 12.6. The van der Waals surface area contributed by atoms with Gasteiger partial charge in [0, 0.05) is 6.54 Å². The monoisotopic (exact) mass is 243 g/mol. The van der Waals surface area contributed by atoms with Gasteiger partial charge < -0.3 is 10.1 Å². The van der Waals surface area contributed by atoms with Gasteiger partial charge in [0.1, 0.15) is 5.82 Å². The summed E-state index contributed by atoms with van der Waals surface area (Å²) in [6.45, 7) is 0.872. The lowest BCUT2D eigenvalue weighted by molar-refractivity contribution is 0.396. The minimum absolute atomic E-state index is 0.531. The quantitative estimate of drug-likeness (QED) is 0.792. The topological polar surface area (TPSA) is 47.0 Å². The standard InChI is InChI=1S/C14H17N3O/c1-18-14-11-15-10-13(17-14)16-9-5-8-12-6-3-2-4-7-12/h2-4,6-7,10-11H,5,8-9H2,1H3,(H,16,17). The van der Waals surface area contributed by atoms with Gasteiger partial charge in [-0.3, -0.25) is 4.98 Å². The van der Waals surface area contributed by atoms with Crippen LogP contribution < -0.4 is 10.1 Å². The predicted molar refractivity (Wildman–Crippen MR) is 71.8 cm³/mol. The maximum atomic E-state index is 5.02. The first-order chi connectivity index (χ1) is 8.88. The van der Waals surface area contributed by atoms with Crippen molar-refractivity contribution in [3.05, 3.63) is 48.3 Å². The molecule has 18 heavy (non-hydrogen) atoms. The van der Waals surface area contributed by atoms with Gasteiger partial charge in [0.25, 0.3) is 0 Å². The summed E-state index contributed by atoms with van der Waals surface area (Å²) in [6.07, 6.45) is 5.41. The van der Waals surface area contributed by atoms with Crippen molar-refractivity contribution in [3.8, 4) is 5.88 Å². The van der Waals surface area contributed by atoms with Crippen LogP contribution in [-0.2, 0) is 6.42 Å². The lowest BCUT2D eigenvalue weighted by Gasteiger charge is -2.06. The molecule has 1 N–H and O–H groups in total. The number of hydrogen-bond donors (Lipinski definition) is 1. The second-order valence-corrected chi connectivity index (χ2v) is 3.96. The van der Waals surface area contributed by atoms with Crippen LogP contribution in [0, 0.1) is 0 Å². The fraction of sp³-hybridized carbons (Fsp3) is 0.286. The summed E-state index contributed by atoms with van der Waals surface area (Å²) in [5, 5.41) is 3.24. The Balaban J connectivity index is 1.75. The number of aryl methyl sites for hydroxylation is 1. The van der Waals surface area contributed by atoms with Crippen molar-refractivity contribution in [2.75, 3.05) is 19.0 Å². The van der Waals surface area contributed by atoms with Crippen molar-refractivity contribution in [2.45, 2.75) is 12.8 Å². The van der Waals surface area contributed by atoms with Crippen LogP contribution in [0.5, 0.6) is 5.88 Å². The molecule has 4 nitrogen and oxygen atoms in total. The summed E-state index contributed by atoms with van der Waals surface area (Å²) in [5.74, 6) is 1.28. The van der Waals surface area contributed by atoms with Gasteiger partial charge in [-0.25, -0.2) is 0 Å². The fourth-order valence-corrected chi connectivity index (χ4v) is 1.69. The second kappa shape index (κ2) is 6.59. The van der Waals surface area contributed by atoms with E-state index in [4.69, 9.17) is 4.74 Å². The molecule has 0 spiro atoms. The Kier molecular flexibility index (Phi) is 4.53. The molecule has 0 saturated carbocycles. The van der Waals surface area contributed by atoms with E-state index >= 15 is 0 Å². The van der Waals surface area contributed by atoms with E-state index in [1.807, 2.05) is 6.07 Å². The Labute approximate surface area is 107 Å². The molecule has 0 bridgehead atoms. The number of nitrogens with one attached hydrogen (secondary N) is 1. The molecular formula is C14H17N3O. The number of benzene rings is 1. The smallest absolute Gasteiger partial charge is 0.233 e. The molecule has 0 amide bonds. The predicted octanol–water partition coefficient (Wildman–Crippen LogP) is 2.53. The van der Waals surface area contributed by atoms with Crippen LogP contribution >= 0.6 is 0 Å². The van der Waals surface area contributed by atoms with Crippen LogP contribution in [0.4, 0.5) is 5.82 Å². The number of hydrogen-bond acceptors (Lipinski definition) is 4. The molecule has 1 aromatic carbocycles. The van der Waals surface area contributed by atoms with E-state index in [-0.39, 0.29) is 0 Å². The van der Waals surface area contributed by atoms with Crippen molar-refractivity contribution < 1.29 is 4.74 Å². The second-order valence-electron chi connectivity index (χ2n) is 3.96. The van der Waals surface area contributed by atoms with Crippen LogP contribution in [0.25, 0.3) is 0 Å². The molecule has 1 aromatic heterocycles. The molecule has 94 valence electrons. The van der Waals surface area contributed by atoms with Crippen molar-refractivity contribution in [2.24, 2.45) is 0 Å². The first-order valence-electron chi connectivity index (χ1n) is 6.02. The molecule has 0 aliphatic rings. The molecule has 2 aromatic rings. The minimum atomic E-state index is 0.531. The number of anilines is 1.